The van der Waals surface area contributed by atoms with E-state index in [1.165, 1.54) is 4.68 Å². The Morgan fingerprint density at radius 2 is 1.84 bits per heavy atom. The van der Waals surface area contributed by atoms with Gasteiger partial charge in [-0.3, -0.25) is 9.36 Å². The first kappa shape index (κ1) is 25.8. The molecule has 2 rings (SSSR count). The summed E-state index contributed by atoms with van der Waals surface area (Å²) in [6.45, 7) is 5.30. The zero-order valence-corrected chi connectivity index (χ0v) is 19.3. The van der Waals surface area contributed by atoms with Crippen LogP contribution in [-0.4, -0.2) is 66.3 Å². The first-order chi connectivity index (χ1) is 15.5. The zero-order chi connectivity index (χ0) is 23.1. The number of hydrogen-bond acceptors (Lipinski definition) is 9. The number of aromatic nitrogens is 3. The number of benzene rings is 1. The van der Waals surface area contributed by atoms with Crippen molar-refractivity contribution < 1.29 is 27.9 Å². The Bertz CT molecular complexity index is 866. The lowest BCUT2D eigenvalue weighted by atomic mass is 10.2. The molecule has 0 radical (unpaired) electrons. The van der Waals surface area contributed by atoms with Crippen LogP contribution < -0.4 is 5.43 Å². The Balaban J connectivity index is 1.58. The fraction of sp³-hybridized carbons (Fsp3) is 0.500. The molecule has 0 bridgehead atoms. The number of rotatable bonds is 16. The molecule has 2 aromatic rings. The second-order valence-electron chi connectivity index (χ2n) is 6.45. The van der Waals surface area contributed by atoms with Gasteiger partial charge in [0.05, 0.1) is 58.2 Å². The largest absolute Gasteiger partial charge is 0.378 e. The summed E-state index contributed by atoms with van der Waals surface area (Å²) in [5.74, 6) is -0.320. The van der Waals surface area contributed by atoms with Crippen molar-refractivity contribution in [3.8, 4) is 0 Å². The van der Waals surface area contributed by atoms with Gasteiger partial charge in [-0.15, -0.1) is 5.10 Å². The van der Waals surface area contributed by atoms with Gasteiger partial charge in [-0.2, -0.15) is 5.10 Å². The second-order valence-corrected chi connectivity index (χ2v) is 8.63. The monoisotopic (exact) mass is 467 g/mol. The van der Waals surface area contributed by atoms with Crippen molar-refractivity contribution in [1.82, 2.24) is 20.4 Å². The Morgan fingerprint density at radius 1 is 1.12 bits per heavy atom. The SMILES string of the molecule is CCOP(=O)(CCOCCOCc1cn(CC(=O)N/N=C\c2ccccc2)nn1)OCC. The van der Waals surface area contributed by atoms with Crippen LogP contribution in [0.5, 0.6) is 0 Å². The molecule has 32 heavy (non-hydrogen) atoms. The number of carbonyl (C=O) groups is 1. The van der Waals surface area contributed by atoms with Gasteiger partial charge < -0.3 is 18.5 Å². The lowest BCUT2D eigenvalue weighted by molar-refractivity contribution is -0.121. The van der Waals surface area contributed by atoms with Crippen molar-refractivity contribution in [3.63, 3.8) is 0 Å². The lowest BCUT2D eigenvalue weighted by Crippen LogP contribution is -2.23. The maximum absolute atomic E-state index is 12.3. The van der Waals surface area contributed by atoms with Gasteiger partial charge in [-0.25, -0.2) is 10.1 Å². The van der Waals surface area contributed by atoms with Crippen molar-refractivity contribution in [3.05, 3.63) is 47.8 Å². The number of nitrogens with zero attached hydrogens (tertiary/aromatic N) is 4. The van der Waals surface area contributed by atoms with E-state index in [2.05, 4.69) is 20.8 Å². The summed E-state index contributed by atoms with van der Waals surface area (Å²) in [7, 11) is -3.08. The molecule has 12 heteroatoms. The average Bonchev–Trinajstić information content (AvgIpc) is 3.21. The molecule has 0 saturated heterocycles. The molecule has 0 fully saturated rings. The molecular formula is C20H30N5O6P. The number of hydrazone groups is 1. The van der Waals surface area contributed by atoms with Crippen LogP contribution in [0.1, 0.15) is 25.1 Å². The lowest BCUT2D eigenvalue weighted by Gasteiger charge is -2.16. The molecule has 0 aliphatic heterocycles. The number of hydrogen-bond donors (Lipinski definition) is 1. The molecule has 0 atom stereocenters. The third kappa shape index (κ3) is 10.3. The van der Waals surface area contributed by atoms with Gasteiger partial charge in [0.25, 0.3) is 5.91 Å². The van der Waals surface area contributed by atoms with Gasteiger partial charge in [-0.05, 0) is 19.4 Å². The van der Waals surface area contributed by atoms with E-state index in [-0.39, 0.29) is 31.8 Å². The smallest absolute Gasteiger partial charge is 0.332 e. The molecule has 0 aliphatic rings. The van der Waals surface area contributed by atoms with Crippen LogP contribution in [0.3, 0.4) is 0 Å². The molecule has 1 heterocycles. The summed E-state index contributed by atoms with van der Waals surface area (Å²) in [5.41, 5.74) is 3.91. The number of amides is 1. The summed E-state index contributed by atoms with van der Waals surface area (Å²) in [6, 6.07) is 9.44. The van der Waals surface area contributed by atoms with Crippen LogP contribution in [0.2, 0.25) is 0 Å². The standard InChI is InChI=1S/C20H30N5O6P/c1-3-30-32(27,31-4-2)13-12-28-10-11-29-17-19-15-25(24-22-19)16-20(26)23-21-14-18-8-6-5-7-9-18/h5-9,14-15H,3-4,10-13,16-17H2,1-2H3,(H,23,26)/b21-14-. The van der Waals surface area contributed by atoms with E-state index >= 15 is 0 Å². The third-order valence-corrected chi connectivity index (χ3v) is 5.91. The Morgan fingerprint density at radius 3 is 2.56 bits per heavy atom. The maximum Gasteiger partial charge on any atom is 0.332 e. The Hall–Kier alpha value is -2.43. The van der Waals surface area contributed by atoms with Crippen LogP contribution in [0, 0.1) is 0 Å². The van der Waals surface area contributed by atoms with E-state index in [4.69, 9.17) is 18.5 Å². The van der Waals surface area contributed by atoms with E-state index in [0.717, 1.165) is 5.56 Å². The van der Waals surface area contributed by atoms with E-state index in [1.807, 2.05) is 30.3 Å². The van der Waals surface area contributed by atoms with Crippen LogP contribution in [0.4, 0.5) is 0 Å². The predicted molar refractivity (Wildman–Crippen MR) is 118 cm³/mol. The molecule has 0 aliphatic carbocycles. The van der Waals surface area contributed by atoms with E-state index in [9.17, 15) is 9.36 Å². The number of nitrogens with one attached hydrogen (secondary N) is 1. The van der Waals surface area contributed by atoms with Gasteiger partial charge >= 0.3 is 7.60 Å². The quantitative estimate of drug-likeness (QED) is 0.172. The highest BCUT2D eigenvalue weighted by Crippen LogP contribution is 2.47. The summed E-state index contributed by atoms with van der Waals surface area (Å²) in [6.07, 6.45) is 3.38. The molecule has 11 nitrogen and oxygen atoms in total. The highest BCUT2D eigenvalue weighted by atomic mass is 31.2. The fourth-order valence-corrected chi connectivity index (χ4v) is 3.99. The molecule has 1 N–H and O–H groups in total. The Kier molecular flexibility index (Phi) is 11.8. The Labute approximate surface area is 187 Å². The maximum atomic E-state index is 12.3. The normalized spacial score (nSPS) is 11.8. The zero-order valence-electron chi connectivity index (χ0n) is 18.4. The fourth-order valence-electron chi connectivity index (χ4n) is 2.52. The topological polar surface area (TPSA) is 126 Å². The first-order valence-electron chi connectivity index (χ1n) is 10.3. The number of ether oxygens (including phenoxy) is 2. The molecule has 0 saturated carbocycles. The van der Waals surface area contributed by atoms with Crippen molar-refractivity contribution in [2.24, 2.45) is 5.10 Å². The van der Waals surface area contributed by atoms with E-state index < -0.39 is 7.60 Å². The van der Waals surface area contributed by atoms with Crippen molar-refractivity contribution in [2.75, 3.05) is 39.2 Å². The van der Waals surface area contributed by atoms with Crippen LogP contribution in [-0.2, 0) is 41.0 Å². The van der Waals surface area contributed by atoms with E-state index in [0.29, 0.717) is 32.1 Å². The summed E-state index contributed by atoms with van der Waals surface area (Å²) in [4.78, 5) is 11.9. The highest BCUT2D eigenvalue weighted by Gasteiger charge is 2.22. The number of carbonyl (C=O) groups excluding carboxylic acids is 1. The first-order valence-corrected chi connectivity index (χ1v) is 12.1. The predicted octanol–water partition coefficient (Wildman–Crippen LogP) is 2.23. The third-order valence-electron chi connectivity index (χ3n) is 3.88. The van der Waals surface area contributed by atoms with Crippen LogP contribution in [0.25, 0.3) is 0 Å². The summed E-state index contributed by atoms with van der Waals surface area (Å²) < 4.78 is 35.0. The van der Waals surface area contributed by atoms with E-state index in [1.54, 1.807) is 26.3 Å². The summed E-state index contributed by atoms with van der Waals surface area (Å²) >= 11 is 0. The molecule has 0 spiro atoms. The van der Waals surface area contributed by atoms with Gasteiger partial charge in [0.15, 0.2) is 0 Å². The van der Waals surface area contributed by atoms with Crippen LogP contribution >= 0.6 is 7.60 Å². The molecular weight excluding hydrogens is 437 g/mol. The van der Waals surface area contributed by atoms with Gasteiger partial charge in [0.2, 0.25) is 0 Å². The minimum Gasteiger partial charge on any atom is -0.378 e. The summed E-state index contributed by atoms with van der Waals surface area (Å²) in [5, 5.41) is 11.8. The van der Waals surface area contributed by atoms with Gasteiger partial charge in [0, 0.05) is 0 Å². The molecule has 1 amide bonds. The van der Waals surface area contributed by atoms with Crippen molar-refractivity contribution in [1.29, 1.82) is 0 Å². The van der Waals surface area contributed by atoms with Gasteiger partial charge in [-0.1, -0.05) is 35.5 Å². The molecule has 1 aromatic heterocycles. The van der Waals surface area contributed by atoms with Gasteiger partial charge in [0.1, 0.15) is 12.2 Å². The second kappa shape index (κ2) is 14.6. The van der Waals surface area contributed by atoms with Crippen molar-refractivity contribution in [2.45, 2.75) is 27.0 Å². The molecule has 176 valence electrons. The minimum absolute atomic E-state index is 0.0119. The molecule has 1 aromatic carbocycles. The van der Waals surface area contributed by atoms with Crippen LogP contribution in [0.15, 0.2) is 41.6 Å². The average molecular weight is 467 g/mol. The van der Waals surface area contributed by atoms with Crippen molar-refractivity contribution >= 4 is 19.7 Å². The minimum atomic E-state index is -3.08. The molecule has 0 unspecified atom stereocenters. The highest BCUT2D eigenvalue weighted by molar-refractivity contribution is 7.53.